The van der Waals surface area contributed by atoms with Gasteiger partial charge in [0.2, 0.25) is 10.0 Å². The smallest absolute Gasteiger partial charge is 0.238 e. The van der Waals surface area contributed by atoms with Crippen molar-refractivity contribution in [3.8, 4) is 0 Å². The van der Waals surface area contributed by atoms with Crippen molar-refractivity contribution in [2.75, 3.05) is 11.9 Å². The van der Waals surface area contributed by atoms with Crippen LogP contribution in [-0.2, 0) is 10.0 Å². The number of hydrogen-bond acceptors (Lipinski definition) is 3. The predicted octanol–water partition coefficient (Wildman–Crippen LogP) is 1.94. The summed E-state index contributed by atoms with van der Waals surface area (Å²) in [6.45, 7) is 3.16. The summed E-state index contributed by atoms with van der Waals surface area (Å²) < 4.78 is 22.1. The van der Waals surface area contributed by atoms with Crippen molar-refractivity contribution in [3.05, 3.63) is 24.3 Å². The maximum atomic E-state index is 11.1. The third-order valence-corrected chi connectivity index (χ3v) is 4.49. The second-order valence-electron chi connectivity index (χ2n) is 4.78. The molecule has 1 aliphatic carbocycles. The van der Waals surface area contributed by atoms with Crippen LogP contribution in [0.3, 0.4) is 0 Å². The summed E-state index contributed by atoms with van der Waals surface area (Å²) in [4.78, 5) is 0.152. The molecular formula is C12H18N2O2S. The normalized spacial score (nSPS) is 17.8. The van der Waals surface area contributed by atoms with E-state index in [4.69, 9.17) is 5.14 Å². The molecule has 1 aromatic carbocycles. The van der Waals surface area contributed by atoms with Gasteiger partial charge in [0.25, 0.3) is 0 Å². The van der Waals surface area contributed by atoms with Gasteiger partial charge in [-0.05, 0) is 48.9 Å². The van der Waals surface area contributed by atoms with E-state index in [-0.39, 0.29) is 4.90 Å². The molecule has 0 atom stereocenters. The molecule has 5 heteroatoms. The van der Waals surface area contributed by atoms with E-state index in [1.54, 1.807) is 12.1 Å². The fraction of sp³-hybridized carbons (Fsp3) is 0.500. The minimum atomic E-state index is -3.58. The van der Waals surface area contributed by atoms with Gasteiger partial charge in [-0.15, -0.1) is 0 Å². The SMILES string of the molecule is CCC1(CNc2ccc(S(N)(=O)=O)cc2)CC1. The van der Waals surface area contributed by atoms with Crippen molar-refractivity contribution >= 4 is 15.7 Å². The van der Waals surface area contributed by atoms with E-state index in [1.807, 2.05) is 0 Å². The van der Waals surface area contributed by atoms with Gasteiger partial charge in [-0.1, -0.05) is 6.92 Å². The Kier molecular flexibility index (Phi) is 3.14. The first-order chi connectivity index (χ1) is 7.95. The minimum Gasteiger partial charge on any atom is -0.384 e. The van der Waals surface area contributed by atoms with Crippen molar-refractivity contribution < 1.29 is 8.42 Å². The maximum Gasteiger partial charge on any atom is 0.238 e. The Morgan fingerprint density at radius 2 is 1.88 bits per heavy atom. The lowest BCUT2D eigenvalue weighted by molar-refractivity contribution is 0.521. The highest BCUT2D eigenvalue weighted by atomic mass is 32.2. The van der Waals surface area contributed by atoms with E-state index in [2.05, 4.69) is 12.2 Å². The van der Waals surface area contributed by atoms with Crippen LogP contribution >= 0.6 is 0 Å². The van der Waals surface area contributed by atoms with Crippen molar-refractivity contribution in [3.63, 3.8) is 0 Å². The number of anilines is 1. The lowest BCUT2D eigenvalue weighted by Crippen LogP contribution is -2.15. The molecule has 94 valence electrons. The molecule has 1 fully saturated rings. The molecule has 0 saturated heterocycles. The molecule has 3 N–H and O–H groups in total. The fourth-order valence-electron chi connectivity index (χ4n) is 1.88. The molecule has 0 bridgehead atoms. The summed E-state index contributed by atoms with van der Waals surface area (Å²) in [6, 6.07) is 6.57. The van der Waals surface area contributed by atoms with E-state index in [0.717, 1.165) is 12.2 Å². The molecule has 0 heterocycles. The molecule has 0 spiro atoms. The van der Waals surface area contributed by atoms with Gasteiger partial charge in [0.1, 0.15) is 0 Å². The van der Waals surface area contributed by atoms with Crippen LogP contribution in [0.25, 0.3) is 0 Å². The highest BCUT2D eigenvalue weighted by molar-refractivity contribution is 7.89. The highest BCUT2D eigenvalue weighted by Crippen LogP contribution is 2.48. The molecule has 1 aliphatic rings. The summed E-state index contributed by atoms with van der Waals surface area (Å²) in [5.41, 5.74) is 1.41. The molecule has 0 aliphatic heterocycles. The van der Waals surface area contributed by atoms with Crippen LogP contribution in [0.5, 0.6) is 0 Å². The van der Waals surface area contributed by atoms with Gasteiger partial charge in [0.15, 0.2) is 0 Å². The zero-order valence-corrected chi connectivity index (χ0v) is 10.8. The van der Waals surface area contributed by atoms with Crippen LogP contribution in [-0.4, -0.2) is 15.0 Å². The number of sulfonamides is 1. The van der Waals surface area contributed by atoms with Crippen molar-refractivity contribution in [1.29, 1.82) is 0 Å². The second-order valence-corrected chi connectivity index (χ2v) is 6.34. The summed E-state index contributed by atoms with van der Waals surface area (Å²) in [6.07, 6.45) is 3.76. The molecule has 0 unspecified atom stereocenters. The molecular weight excluding hydrogens is 236 g/mol. The van der Waals surface area contributed by atoms with E-state index >= 15 is 0 Å². The largest absolute Gasteiger partial charge is 0.384 e. The first kappa shape index (κ1) is 12.4. The van der Waals surface area contributed by atoms with Gasteiger partial charge < -0.3 is 5.32 Å². The standard InChI is InChI=1S/C12H18N2O2S/c1-2-12(7-8-12)9-14-10-3-5-11(6-4-10)17(13,15)16/h3-6,14H,2,7-9H2,1H3,(H2,13,15,16). The second kappa shape index (κ2) is 4.31. The zero-order valence-electron chi connectivity index (χ0n) is 9.94. The van der Waals surface area contributed by atoms with E-state index < -0.39 is 10.0 Å². The Morgan fingerprint density at radius 3 is 2.29 bits per heavy atom. The van der Waals surface area contributed by atoms with Gasteiger partial charge in [0.05, 0.1) is 4.90 Å². The molecule has 4 nitrogen and oxygen atoms in total. The van der Waals surface area contributed by atoms with Gasteiger partial charge in [-0.2, -0.15) is 0 Å². The fourth-order valence-corrected chi connectivity index (χ4v) is 2.40. The van der Waals surface area contributed by atoms with Gasteiger partial charge >= 0.3 is 0 Å². The molecule has 2 rings (SSSR count). The number of hydrogen-bond donors (Lipinski definition) is 2. The van der Waals surface area contributed by atoms with Crippen molar-refractivity contribution in [1.82, 2.24) is 0 Å². The lowest BCUT2D eigenvalue weighted by Gasteiger charge is -2.14. The van der Waals surface area contributed by atoms with Crippen LogP contribution in [0.2, 0.25) is 0 Å². The summed E-state index contributed by atoms with van der Waals surface area (Å²) in [5.74, 6) is 0. The number of nitrogens with two attached hydrogens (primary N) is 1. The Balaban J connectivity index is 1.99. The Hall–Kier alpha value is -1.07. The first-order valence-corrected chi connectivity index (χ1v) is 7.37. The number of nitrogens with one attached hydrogen (secondary N) is 1. The minimum absolute atomic E-state index is 0.152. The average Bonchev–Trinajstić information content (AvgIpc) is 3.06. The summed E-state index contributed by atoms with van der Waals surface area (Å²) in [7, 11) is -3.58. The molecule has 17 heavy (non-hydrogen) atoms. The third kappa shape index (κ3) is 2.98. The molecule has 1 saturated carbocycles. The summed E-state index contributed by atoms with van der Waals surface area (Å²) >= 11 is 0. The molecule has 0 aromatic heterocycles. The topological polar surface area (TPSA) is 72.2 Å². The lowest BCUT2D eigenvalue weighted by atomic mass is 10.0. The number of benzene rings is 1. The Morgan fingerprint density at radius 1 is 1.29 bits per heavy atom. The zero-order chi connectivity index (χ0) is 12.5. The van der Waals surface area contributed by atoms with Gasteiger partial charge in [-0.25, -0.2) is 13.6 Å². The molecule has 0 amide bonds. The van der Waals surface area contributed by atoms with E-state index in [9.17, 15) is 8.42 Å². The molecule has 0 radical (unpaired) electrons. The van der Waals surface area contributed by atoms with Crippen molar-refractivity contribution in [2.24, 2.45) is 10.6 Å². The van der Waals surface area contributed by atoms with Crippen LogP contribution < -0.4 is 10.5 Å². The van der Waals surface area contributed by atoms with E-state index in [1.165, 1.54) is 31.4 Å². The number of rotatable bonds is 5. The Bertz CT molecular complexity index is 490. The number of primary sulfonamides is 1. The maximum absolute atomic E-state index is 11.1. The van der Waals surface area contributed by atoms with E-state index in [0.29, 0.717) is 5.41 Å². The monoisotopic (exact) mass is 254 g/mol. The van der Waals surface area contributed by atoms with Crippen LogP contribution in [0.4, 0.5) is 5.69 Å². The van der Waals surface area contributed by atoms with Crippen molar-refractivity contribution in [2.45, 2.75) is 31.1 Å². The third-order valence-electron chi connectivity index (χ3n) is 3.56. The first-order valence-electron chi connectivity index (χ1n) is 5.82. The highest BCUT2D eigenvalue weighted by Gasteiger charge is 2.40. The van der Waals surface area contributed by atoms with Gasteiger partial charge in [0, 0.05) is 12.2 Å². The molecule has 1 aromatic rings. The van der Waals surface area contributed by atoms with Gasteiger partial charge in [-0.3, -0.25) is 0 Å². The summed E-state index contributed by atoms with van der Waals surface area (Å²) in [5, 5.41) is 8.37. The van der Waals surface area contributed by atoms with Crippen LogP contribution in [0, 0.1) is 5.41 Å². The average molecular weight is 254 g/mol. The van der Waals surface area contributed by atoms with Crippen LogP contribution in [0.15, 0.2) is 29.2 Å². The Labute approximate surface area is 102 Å². The van der Waals surface area contributed by atoms with Crippen LogP contribution in [0.1, 0.15) is 26.2 Å². The quantitative estimate of drug-likeness (QED) is 0.843. The predicted molar refractivity (Wildman–Crippen MR) is 68.3 cm³/mol.